The lowest BCUT2D eigenvalue weighted by Gasteiger charge is -2.21. The quantitative estimate of drug-likeness (QED) is 0.301. The Morgan fingerprint density at radius 1 is 1.08 bits per heavy atom. The van der Waals surface area contributed by atoms with Crippen LogP contribution in [0.1, 0.15) is 54.4 Å². The first-order valence-electron chi connectivity index (χ1n) is 12.4. The number of imidazole rings is 1. The molecule has 2 aromatic carbocycles. The second-order valence-corrected chi connectivity index (χ2v) is 9.41. The molecule has 1 saturated heterocycles. The van der Waals surface area contributed by atoms with Crippen LogP contribution in [0.4, 0.5) is 13.2 Å². The molecule has 2 aliphatic rings. The second kappa shape index (κ2) is 9.79. The molecule has 0 aliphatic carbocycles. The first-order valence-corrected chi connectivity index (χ1v) is 12.4. The van der Waals surface area contributed by atoms with Gasteiger partial charge in [-0.15, -0.1) is 0 Å². The van der Waals surface area contributed by atoms with Gasteiger partial charge < -0.3 is 18.8 Å². The number of aromatic nitrogens is 3. The van der Waals surface area contributed by atoms with Crippen molar-refractivity contribution in [3.63, 3.8) is 0 Å². The van der Waals surface area contributed by atoms with Crippen LogP contribution in [0.5, 0.6) is 5.75 Å². The number of benzene rings is 2. The number of hydrogen-bond acceptors (Lipinski definition) is 5. The Morgan fingerprint density at radius 3 is 2.62 bits per heavy atom. The summed E-state index contributed by atoms with van der Waals surface area (Å²) in [6, 6.07) is 13.4. The number of rotatable bonds is 6. The third-order valence-electron chi connectivity index (χ3n) is 7.36. The molecule has 4 aromatic rings. The molecule has 2 aliphatic heterocycles. The highest BCUT2D eigenvalue weighted by atomic mass is 19.3. The topological polar surface area (TPSA) is 58.4 Å². The predicted molar refractivity (Wildman–Crippen MR) is 131 cm³/mol. The lowest BCUT2D eigenvalue weighted by Crippen LogP contribution is -2.14. The first-order chi connectivity index (χ1) is 18.0. The Kier molecular flexibility index (Phi) is 6.34. The average Bonchev–Trinajstić information content (AvgIpc) is 3.45. The molecule has 2 unspecified atom stereocenters. The number of ether oxygens (including phenoxy) is 3. The van der Waals surface area contributed by atoms with Crippen molar-refractivity contribution in [3.05, 3.63) is 77.6 Å². The summed E-state index contributed by atoms with van der Waals surface area (Å²) in [5, 5.41) is 0. The lowest BCUT2D eigenvalue weighted by molar-refractivity contribution is -0.0507. The second-order valence-electron chi connectivity index (χ2n) is 9.41. The first kappa shape index (κ1) is 23.9. The number of fused-ring (bicyclic) bond motifs is 3. The number of halogens is 3. The van der Waals surface area contributed by atoms with Gasteiger partial charge in [0.1, 0.15) is 23.5 Å². The molecule has 37 heavy (non-hydrogen) atoms. The van der Waals surface area contributed by atoms with Crippen molar-refractivity contribution in [1.82, 2.24) is 14.5 Å². The van der Waals surface area contributed by atoms with E-state index in [2.05, 4.69) is 9.97 Å². The number of hydrogen-bond donors (Lipinski definition) is 0. The summed E-state index contributed by atoms with van der Waals surface area (Å²) < 4.78 is 59.4. The van der Waals surface area contributed by atoms with E-state index in [1.54, 1.807) is 37.6 Å². The van der Waals surface area contributed by atoms with Crippen LogP contribution in [0.25, 0.3) is 22.2 Å². The van der Waals surface area contributed by atoms with E-state index in [0.29, 0.717) is 45.9 Å². The van der Waals surface area contributed by atoms with Crippen LogP contribution in [0.15, 0.2) is 54.7 Å². The van der Waals surface area contributed by atoms with Gasteiger partial charge >= 0.3 is 6.61 Å². The minimum atomic E-state index is -2.95. The molecule has 0 radical (unpaired) electrons. The standard InChI is InChI=1S/C28H26F3N3O3/c1-35-26-14-23(18-4-2-3-5-25(18)37-28(30)31)34-24-12-19(20(29)13-22(24)33-27(26)34)17-6-7-21(32-15-17)16-8-10-36-11-9-16/h2-7,12-13,15-16,23,26,28H,8-11,14H2,1H3. The summed E-state index contributed by atoms with van der Waals surface area (Å²) >= 11 is 0. The van der Waals surface area contributed by atoms with Gasteiger partial charge in [-0.25, -0.2) is 9.37 Å². The molecule has 0 amide bonds. The molecule has 6 rings (SSSR count). The van der Waals surface area contributed by atoms with E-state index in [1.165, 1.54) is 12.1 Å². The zero-order chi connectivity index (χ0) is 25.5. The fourth-order valence-corrected chi connectivity index (χ4v) is 5.55. The van der Waals surface area contributed by atoms with Crippen LogP contribution >= 0.6 is 0 Å². The molecule has 2 atom stereocenters. The van der Waals surface area contributed by atoms with E-state index < -0.39 is 12.4 Å². The van der Waals surface area contributed by atoms with Gasteiger partial charge in [0.15, 0.2) is 0 Å². The molecule has 9 heteroatoms. The highest BCUT2D eigenvalue weighted by Gasteiger charge is 2.37. The Bertz CT molecular complexity index is 1420. The third-order valence-corrected chi connectivity index (χ3v) is 7.36. The Hall–Kier alpha value is -3.43. The molecular weight excluding hydrogens is 483 g/mol. The molecule has 0 N–H and O–H groups in total. The van der Waals surface area contributed by atoms with E-state index >= 15 is 4.39 Å². The van der Waals surface area contributed by atoms with Crippen molar-refractivity contribution < 1.29 is 27.4 Å². The summed E-state index contributed by atoms with van der Waals surface area (Å²) in [5.74, 6) is 0.661. The molecule has 6 nitrogen and oxygen atoms in total. The molecule has 0 spiro atoms. The summed E-state index contributed by atoms with van der Waals surface area (Å²) in [5.41, 5.74) is 3.80. The van der Waals surface area contributed by atoms with E-state index in [1.807, 2.05) is 16.7 Å². The number of para-hydroxylation sites is 1. The highest BCUT2D eigenvalue weighted by Crippen LogP contribution is 2.46. The van der Waals surface area contributed by atoms with Crippen molar-refractivity contribution in [2.75, 3.05) is 20.3 Å². The van der Waals surface area contributed by atoms with E-state index in [9.17, 15) is 8.78 Å². The van der Waals surface area contributed by atoms with Gasteiger partial charge in [0.05, 0.1) is 17.1 Å². The zero-order valence-electron chi connectivity index (χ0n) is 20.2. The molecular formula is C28H26F3N3O3. The third kappa shape index (κ3) is 4.36. The maximum absolute atomic E-state index is 15.3. The van der Waals surface area contributed by atoms with Crippen LogP contribution in [0.3, 0.4) is 0 Å². The predicted octanol–water partition coefficient (Wildman–Crippen LogP) is 6.41. The maximum Gasteiger partial charge on any atom is 0.387 e. The number of nitrogens with zero attached hydrogens (tertiary/aromatic N) is 3. The minimum Gasteiger partial charge on any atom is -0.434 e. The van der Waals surface area contributed by atoms with Crippen LogP contribution < -0.4 is 4.74 Å². The molecule has 192 valence electrons. The van der Waals surface area contributed by atoms with Crippen LogP contribution in [0.2, 0.25) is 0 Å². The van der Waals surface area contributed by atoms with Crippen LogP contribution in [-0.2, 0) is 9.47 Å². The molecule has 0 bridgehead atoms. The van der Waals surface area contributed by atoms with Gasteiger partial charge in [-0.2, -0.15) is 8.78 Å². The summed E-state index contributed by atoms with van der Waals surface area (Å²) in [6.45, 7) is -1.50. The van der Waals surface area contributed by atoms with Gasteiger partial charge in [-0.1, -0.05) is 24.3 Å². The summed E-state index contributed by atoms with van der Waals surface area (Å²) in [7, 11) is 1.58. The molecule has 1 fully saturated rings. The normalized spacial score (nSPS) is 20.0. The largest absolute Gasteiger partial charge is 0.434 e. The van der Waals surface area contributed by atoms with E-state index in [4.69, 9.17) is 14.2 Å². The zero-order valence-corrected chi connectivity index (χ0v) is 20.2. The van der Waals surface area contributed by atoms with Crippen molar-refractivity contribution in [1.29, 1.82) is 0 Å². The highest BCUT2D eigenvalue weighted by molar-refractivity contribution is 5.83. The molecule has 2 aromatic heterocycles. The summed E-state index contributed by atoms with van der Waals surface area (Å²) in [6.07, 6.45) is 3.68. The van der Waals surface area contributed by atoms with E-state index in [-0.39, 0.29) is 17.9 Å². The van der Waals surface area contributed by atoms with Gasteiger partial charge in [-0.05, 0) is 31.0 Å². The molecule has 4 heterocycles. The smallest absolute Gasteiger partial charge is 0.387 e. The van der Waals surface area contributed by atoms with E-state index in [0.717, 1.165) is 31.7 Å². The number of alkyl halides is 2. The Balaban J connectivity index is 1.43. The van der Waals surface area contributed by atoms with Crippen LogP contribution in [0, 0.1) is 5.82 Å². The van der Waals surface area contributed by atoms with Gasteiger partial charge in [-0.3, -0.25) is 4.98 Å². The maximum atomic E-state index is 15.3. The Morgan fingerprint density at radius 2 is 1.89 bits per heavy atom. The van der Waals surface area contributed by atoms with Crippen LogP contribution in [-0.4, -0.2) is 41.5 Å². The number of pyridine rings is 1. The minimum absolute atomic E-state index is 0.0993. The van der Waals surface area contributed by atoms with Gasteiger partial charge in [0.2, 0.25) is 0 Å². The van der Waals surface area contributed by atoms with Gasteiger partial charge in [0.25, 0.3) is 0 Å². The van der Waals surface area contributed by atoms with Crippen molar-refractivity contribution >= 4 is 11.0 Å². The fraction of sp³-hybridized carbons (Fsp3) is 0.357. The fourth-order valence-electron chi connectivity index (χ4n) is 5.55. The monoisotopic (exact) mass is 509 g/mol. The lowest BCUT2D eigenvalue weighted by atomic mass is 9.95. The number of methoxy groups -OCH3 is 1. The SMILES string of the molecule is COC1CC(c2ccccc2OC(F)F)n2c1nc1cc(F)c(-c3ccc(C4CCOCC4)nc3)cc12. The summed E-state index contributed by atoms with van der Waals surface area (Å²) in [4.78, 5) is 9.30. The average molecular weight is 510 g/mol. The van der Waals surface area contributed by atoms with Crippen molar-refractivity contribution in [3.8, 4) is 16.9 Å². The molecule has 0 saturated carbocycles. The van der Waals surface area contributed by atoms with Crippen molar-refractivity contribution in [2.24, 2.45) is 0 Å². The van der Waals surface area contributed by atoms with Crippen molar-refractivity contribution in [2.45, 2.75) is 43.9 Å². The van der Waals surface area contributed by atoms with Gasteiger partial charge in [0, 0.05) is 67.3 Å². The Labute approximate surface area is 212 Å².